The first-order valence-corrected chi connectivity index (χ1v) is 9.22. The highest BCUT2D eigenvalue weighted by molar-refractivity contribution is 5.79. The molecule has 1 unspecified atom stereocenters. The van der Waals surface area contributed by atoms with Gasteiger partial charge in [-0.2, -0.15) is 0 Å². The van der Waals surface area contributed by atoms with Crippen molar-refractivity contribution in [2.75, 3.05) is 0 Å². The molecule has 0 aliphatic heterocycles. The van der Waals surface area contributed by atoms with Crippen LogP contribution in [0.4, 0.5) is 0 Å². The number of nitrogens with one attached hydrogen (secondary N) is 2. The van der Waals surface area contributed by atoms with E-state index in [0.29, 0.717) is 12.3 Å². The lowest BCUT2D eigenvalue weighted by molar-refractivity contribution is -0.121. The van der Waals surface area contributed by atoms with Crippen LogP contribution in [-0.2, 0) is 11.2 Å². The van der Waals surface area contributed by atoms with E-state index < -0.39 is 0 Å². The van der Waals surface area contributed by atoms with Gasteiger partial charge < -0.3 is 10.3 Å². The Labute approximate surface area is 155 Å². The zero-order chi connectivity index (χ0) is 18.7. The molecule has 26 heavy (non-hydrogen) atoms. The fourth-order valence-corrected chi connectivity index (χ4v) is 3.19. The number of aromatic nitrogens is 2. The van der Waals surface area contributed by atoms with Gasteiger partial charge in [0.25, 0.3) is 0 Å². The van der Waals surface area contributed by atoms with Crippen molar-refractivity contribution in [3.05, 3.63) is 65.0 Å². The number of para-hydroxylation sites is 2. The first kappa shape index (κ1) is 18.2. The number of hydrogen-bond acceptors (Lipinski definition) is 2. The number of carbonyl (C=O) groups excluding carboxylic acids is 1. The summed E-state index contributed by atoms with van der Waals surface area (Å²) in [7, 11) is 0. The van der Waals surface area contributed by atoms with E-state index in [1.54, 1.807) is 0 Å². The van der Waals surface area contributed by atoms with Gasteiger partial charge in [-0.05, 0) is 55.0 Å². The number of fused-ring (bicyclic) bond motifs is 1. The molecule has 0 saturated heterocycles. The van der Waals surface area contributed by atoms with Gasteiger partial charge in [0, 0.05) is 0 Å². The Kier molecular flexibility index (Phi) is 5.40. The Morgan fingerprint density at radius 3 is 2.58 bits per heavy atom. The number of aryl methyl sites for hydroxylation is 2. The molecule has 1 amide bonds. The second kappa shape index (κ2) is 7.73. The van der Waals surface area contributed by atoms with Crippen molar-refractivity contribution in [1.82, 2.24) is 15.3 Å². The highest BCUT2D eigenvalue weighted by Gasteiger charge is 2.20. The summed E-state index contributed by atoms with van der Waals surface area (Å²) in [5, 5.41) is 3.18. The van der Waals surface area contributed by atoms with Crippen LogP contribution in [-0.4, -0.2) is 15.9 Å². The Morgan fingerprint density at radius 1 is 1.12 bits per heavy atom. The third-order valence-electron chi connectivity index (χ3n) is 4.72. The van der Waals surface area contributed by atoms with Gasteiger partial charge in [0.2, 0.25) is 5.91 Å². The SMILES string of the molecule is Cc1ccc(CC(=O)NC(CC(C)C)c2nc3ccccc3[nH]2)cc1C. The maximum absolute atomic E-state index is 12.6. The molecule has 136 valence electrons. The molecule has 0 fully saturated rings. The van der Waals surface area contributed by atoms with E-state index in [0.717, 1.165) is 28.8 Å². The predicted molar refractivity (Wildman–Crippen MR) is 106 cm³/mol. The van der Waals surface area contributed by atoms with Crippen molar-refractivity contribution in [2.24, 2.45) is 5.92 Å². The van der Waals surface area contributed by atoms with Gasteiger partial charge in [-0.15, -0.1) is 0 Å². The van der Waals surface area contributed by atoms with Crippen molar-refractivity contribution >= 4 is 16.9 Å². The molecule has 0 aliphatic rings. The summed E-state index contributed by atoms with van der Waals surface area (Å²) in [6.45, 7) is 8.47. The molecule has 0 spiro atoms. The lowest BCUT2D eigenvalue weighted by Crippen LogP contribution is -2.31. The van der Waals surface area contributed by atoms with E-state index >= 15 is 0 Å². The lowest BCUT2D eigenvalue weighted by atomic mass is 10.0. The number of benzene rings is 2. The third-order valence-corrected chi connectivity index (χ3v) is 4.72. The van der Waals surface area contributed by atoms with Crippen LogP contribution in [0.3, 0.4) is 0 Å². The van der Waals surface area contributed by atoms with Crippen LogP contribution in [0, 0.1) is 19.8 Å². The van der Waals surface area contributed by atoms with E-state index in [2.05, 4.69) is 55.1 Å². The molecule has 1 aromatic heterocycles. The molecule has 2 aromatic carbocycles. The van der Waals surface area contributed by atoms with Gasteiger partial charge in [-0.25, -0.2) is 4.98 Å². The molecule has 4 nitrogen and oxygen atoms in total. The van der Waals surface area contributed by atoms with E-state index in [1.807, 2.05) is 30.3 Å². The van der Waals surface area contributed by atoms with Gasteiger partial charge in [-0.3, -0.25) is 4.79 Å². The van der Waals surface area contributed by atoms with Crippen molar-refractivity contribution in [2.45, 2.75) is 46.6 Å². The van der Waals surface area contributed by atoms with Crippen molar-refractivity contribution < 1.29 is 4.79 Å². The quantitative estimate of drug-likeness (QED) is 0.682. The molecule has 0 saturated carbocycles. The Hall–Kier alpha value is -2.62. The molecular weight excluding hydrogens is 322 g/mol. The summed E-state index contributed by atoms with van der Waals surface area (Å²) >= 11 is 0. The summed E-state index contributed by atoms with van der Waals surface area (Å²) in [5.41, 5.74) is 5.43. The van der Waals surface area contributed by atoms with E-state index in [4.69, 9.17) is 0 Å². The van der Waals surface area contributed by atoms with Crippen LogP contribution in [0.25, 0.3) is 11.0 Å². The molecule has 2 N–H and O–H groups in total. The third kappa shape index (κ3) is 4.31. The Morgan fingerprint density at radius 2 is 1.88 bits per heavy atom. The fourth-order valence-electron chi connectivity index (χ4n) is 3.19. The van der Waals surface area contributed by atoms with Crippen molar-refractivity contribution in [3.8, 4) is 0 Å². The van der Waals surface area contributed by atoms with Gasteiger partial charge in [0.15, 0.2) is 0 Å². The second-order valence-electron chi connectivity index (χ2n) is 7.48. The number of aromatic amines is 1. The van der Waals surface area contributed by atoms with Gasteiger partial charge in [-0.1, -0.05) is 44.2 Å². The van der Waals surface area contributed by atoms with Gasteiger partial charge in [0.1, 0.15) is 5.82 Å². The van der Waals surface area contributed by atoms with Gasteiger partial charge in [0.05, 0.1) is 23.5 Å². The minimum absolute atomic E-state index is 0.0272. The molecule has 1 atom stereocenters. The minimum Gasteiger partial charge on any atom is -0.346 e. The summed E-state index contributed by atoms with van der Waals surface area (Å²) in [6.07, 6.45) is 1.23. The highest BCUT2D eigenvalue weighted by Crippen LogP contribution is 2.22. The van der Waals surface area contributed by atoms with Crippen LogP contribution in [0.2, 0.25) is 0 Å². The number of H-pyrrole nitrogens is 1. The zero-order valence-corrected chi connectivity index (χ0v) is 16.0. The predicted octanol–water partition coefficient (Wildman–Crippen LogP) is 4.63. The van der Waals surface area contributed by atoms with Crippen LogP contribution < -0.4 is 5.32 Å². The fraction of sp³-hybridized carbons (Fsp3) is 0.364. The number of hydrogen-bond donors (Lipinski definition) is 2. The molecule has 0 bridgehead atoms. The van der Waals surface area contributed by atoms with Crippen molar-refractivity contribution in [1.29, 1.82) is 0 Å². The monoisotopic (exact) mass is 349 g/mol. The Balaban J connectivity index is 1.77. The highest BCUT2D eigenvalue weighted by atomic mass is 16.1. The normalized spacial score (nSPS) is 12.5. The lowest BCUT2D eigenvalue weighted by Gasteiger charge is -2.19. The largest absolute Gasteiger partial charge is 0.346 e. The van der Waals surface area contributed by atoms with E-state index in [-0.39, 0.29) is 11.9 Å². The zero-order valence-electron chi connectivity index (χ0n) is 16.0. The van der Waals surface area contributed by atoms with Gasteiger partial charge >= 0.3 is 0 Å². The molecule has 1 heterocycles. The molecule has 3 aromatic rings. The summed E-state index contributed by atoms with van der Waals surface area (Å²) in [4.78, 5) is 20.7. The average Bonchev–Trinajstić information content (AvgIpc) is 3.01. The second-order valence-corrected chi connectivity index (χ2v) is 7.48. The standard InChI is InChI=1S/C22H27N3O/c1-14(2)11-20(22-24-18-7-5-6-8-19(18)25-22)23-21(26)13-17-10-9-15(3)16(4)12-17/h5-10,12,14,20H,11,13H2,1-4H3,(H,23,26)(H,24,25). The van der Waals surface area contributed by atoms with Crippen LogP contribution >= 0.6 is 0 Å². The van der Waals surface area contributed by atoms with E-state index in [1.165, 1.54) is 11.1 Å². The maximum Gasteiger partial charge on any atom is 0.225 e. The number of amides is 1. The topological polar surface area (TPSA) is 57.8 Å². The summed E-state index contributed by atoms with van der Waals surface area (Å²) in [5.74, 6) is 1.31. The maximum atomic E-state index is 12.6. The minimum atomic E-state index is -0.110. The first-order chi connectivity index (χ1) is 12.4. The smallest absolute Gasteiger partial charge is 0.225 e. The van der Waals surface area contributed by atoms with Crippen LogP contribution in [0.1, 0.15) is 48.8 Å². The van der Waals surface area contributed by atoms with Crippen molar-refractivity contribution in [3.63, 3.8) is 0 Å². The molecule has 3 rings (SSSR count). The molecule has 0 aliphatic carbocycles. The Bertz CT molecular complexity index is 878. The summed E-state index contributed by atoms with van der Waals surface area (Å²) < 4.78 is 0. The number of nitrogens with zero attached hydrogens (tertiary/aromatic N) is 1. The number of imidazole rings is 1. The number of rotatable bonds is 6. The van der Waals surface area contributed by atoms with Crippen LogP contribution in [0.15, 0.2) is 42.5 Å². The molecule has 0 radical (unpaired) electrons. The molecular formula is C22H27N3O. The first-order valence-electron chi connectivity index (χ1n) is 9.22. The van der Waals surface area contributed by atoms with E-state index in [9.17, 15) is 4.79 Å². The van der Waals surface area contributed by atoms with Crippen LogP contribution in [0.5, 0.6) is 0 Å². The average molecular weight is 349 g/mol. The number of carbonyl (C=O) groups is 1. The molecule has 4 heteroatoms. The summed E-state index contributed by atoms with van der Waals surface area (Å²) in [6, 6.07) is 14.0.